The van der Waals surface area contributed by atoms with Gasteiger partial charge >= 0.3 is 0 Å². The summed E-state index contributed by atoms with van der Waals surface area (Å²) in [6.45, 7) is 0.969. The molecule has 22 heavy (non-hydrogen) atoms. The van der Waals surface area contributed by atoms with Crippen molar-refractivity contribution in [2.24, 2.45) is 0 Å². The Balaban J connectivity index is 1.75. The van der Waals surface area contributed by atoms with E-state index in [2.05, 4.69) is 15.5 Å². The fourth-order valence-corrected chi connectivity index (χ4v) is 2.42. The van der Waals surface area contributed by atoms with Crippen LogP contribution in [0.25, 0.3) is 10.9 Å². The van der Waals surface area contributed by atoms with E-state index in [0.29, 0.717) is 18.8 Å². The van der Waals surface area contributed by atoms with E-state index in [1.54, 1.807) is 7.11 Å². The predicted octanol–water partition coefficient (Wildman–Crippen LogP) is 2.64. The summed E-state index contributed by atoms with van der Waals surface area (Å²) < 4.78 is 5.18. The van der Waals surface area contributed by atoms with Gasteiger partial charge in [0.25, 0.3) is 5.91 Å². The van der Waals surface area contributed by atoms with Crippen molar-refractivity contribution in [3.63, 3.8) is 0 Å². The van der Waals surface area contributed by atoms with Gasteiger partial charge in [-0.25, -0.2) is 0 Å². The monoisotopic (exact) mass is 295 g/mol. The van der Waals surface area contributed by atoms with E-state index in [0.717, 1.165) is 22.0 Å². The second-order valence-corrected chi connectivity index (χ2v) is 5.00. The van der Waals surface area contributed by atoms with Crippen molar-refractivity contribution in [2.75, 3.05) is 7.11 Å². The molecule has 0 radical (unpaired) electrons. The van der Waals surface area contributed by atoms with Gasteiger partial charge in [-0.2, -0.15) is 5.10 Å². The summed E-state index contributed by atoms with van der Waals surface area (Å²) in [4.78, 5) is 12.3. The van der Waals surface area contributed by atoms with Crippen LogP contribution in [-0.4, -0.2) is 23.2 Å². The maximum atomic E-state index is 12.3. The Morgan fingerprint density at radius 1 is 1.14 bits per heavy atom. The molecule has 0 bridgehead atoms. The number of methoxy groups -OCH3 is 1. The van der Waals surface area contributed by atoms with Gasteiger partial charge in [-0.3, -0.25) is 9.89 Å². The molecule has 0 spiro atoms. The molecule has 0 fully saturated rings. The Hall–Kier alpha value is -2.66. The molecule has 1 heterocycles. The molecule has 0 unspecified atom stereocenters. The third-order valence-corrected chi connectivity index (χ3v) is 3.54. The van der Waals surface area contributed by atoms with Crippen LogP contribution in [0.5, 0.6) is 0 Å². The summed E-state index contributed by atoms with van der Waals surface area (Å²) >= 11 is 0. The van der Waals surface area contributed by atoms with Crippen molar-refractivity contribution < 1.29 is 9.53 Å². The van der Waals surface area contributed by atoms with Crippen molar-refractivity contribution in [1.82, 2.24) is 15.5 Å². The van der Waals surface area contributed by atoms with Crippen LogP contribution in [0.15, 0.2) is 48.5 Å². The molecule has 2 aromatic carbocycles. The maximum Gasteiger partial charge on any atom is 0.272 e. The second-order valence-electron chi connectivity index (χ2n) is 5.00. The molecule has 0 aliphatic heterocycles. The lowest BCUT2D eigenvalue weighted by molar-refractivity contribution is 0.0947. The largest absolute Gasteiger partial charge is 0.380 e. The fraction of sp³-hybridized carbons (Fsp3) is 0.176. The normalized spacial score (nSPS) is 10.8. The second kappa shape index (κ2) is 6.41. The Morgan fingerprint density at radius 3 is 2.68 bits per heavy atom. The number of carbonyl (C=O) groups excluding carboxylic acids is 1. The quantitative estimate of drug-likeness (QED) is 0.760. The topological polar surface area (TPSA) is 67.0 Å². The van der Waals surface area contributed by atoms with Gasteiger partial charge in [0.2, 0.25) is 0 Å². The number of nitrogens with one attached hydrogen (secondary N) is 2. The van der Waals surface area contributed by atoms with Gasteiger partial charge in [-0.1, -0.05) is 42.5 Å². The molecule has 2 N–H and O–H groups in total. The maximum absolute atomic E-state index is 12.3. The van der Waals surface area contributed by atoms with E-state index >= 15 is 0 Å². The minimum Gasteiger partial charge on any atom is -0.380 e. The first-order valence-electron chi connectivity index (χ1n) is 7.06. The molecule has 5 nitrogen and oxygen atoms in total. The Labute approximate surface area is 128 Å². The van der Waals surface area contributed by atoms with Crippen molar-refractivity contribution in [3.8, 4) is 0 Å². The van der Waals surface area contributed by atoms with Gasteiger partial charge < -0.3 is 10.1 Å². The van der Waals surface area contributed by atoms with Crippen LogP contribution >= 0.6 is 0 Å². The highest BCUT2D eigenvalue weighted by atomic mass is 16.5. The minimum absolute atomic E-state index is 0.190. The zero-order valence-corrected chi connectivity index (χ0v) is 12.3. The average molecular weight is 295 g/mol. The number of benzene rings is 2. The molecule has 1 amide bonds. The zero-order valence-electron chi connectivity index (χ0n) is 12.3. The summed E-state index contributed by atoms with van der Waals surface area (Å²) in [6, 6.07) is 15.5. The molecule has 0 aliphatic rings. The van der Waals surface area contributed by atoms with E-state index in [4.69, 9.17) is 4.74 Å². The van der Waals surface area contributed by atoms with Gasteiger partial charge in [-0.15, -0.1) is 0 Å². The van der Waals surface area contributed by atoms with Crippen molar-refractivity contribution in [1.29, 1.82) is 0 Å². The van der Waals surface area contributed by atoms with Crippen LogP contribution in [0.2, 0.25) is 0 Å². The van der Waals surface area contributed by atoms with E-state index in [1.807, 2.05) is 48.5 Å². The van der Waals surface area contributed by atoms with Crippen LogP contribution in [0.3, 0.4) is 0 Å². The zero-order chi connectivity index (χ0) is 15.4. The highest BCUT2D eigenvalue weighted by Gasteiger charge is 2.13. The molecule has 112 valence electrons. The highest BCUT2D eigenvalue weighted by molar-refractivity contribution is 6.04. The number of aromatic amines is 1. The standard InChI is InChI=1S/C17H17N3O2/c1-22-11-13-7-3-2-6-12(13)10-18-17(21)16-14-8-4-5-9-15(14)19-20-16/h2-9H,10-11H2,1H3,(H,18,21)(H,19,20). The molecule has 0 saturated heterocycles. The lowest BCUT2D eigenvalue weighted by Gasteiger charge is -2.09. The van der Waals surface area contributed by atoms with E-state index in [-0.39, 0.29) is 5.91 Å². The molecule has 0 saturated carbocycles. The summed E-state index contributed by atoms with van der Waals surface area (Å²) in [7, 11) is 1.66. The van der Waals surface area contributed by atoms with Crippen molar-refractivity contribution in [2.45, 2.75) is 13.2 Å². The van der Waals surface area contributed by atoms with Crippen LogP contribution in [-0.2, 0) is 17.9 Å². The predicted molar refractivity (Wildman–Crippen MR) is 84.4 cm³/mol. The minimum atomic E-state index is -0.190. The van der Waals surface area contributed by atoms with Gasteiger partial charge in [-0.05, 0) is 17.2 Å². The average Bonchev–Trinajstić information content (AvgIpc) is 2.98. The number of hydrogen-bond acceptors (Lipinski definition) is 3. The number of aromatic nitrogens is 2. The smallest absolute Gasteiger partial charge is 0.272 e. The first kappa shape index (κ1) is 14.3. The van der Waals surface area contributed by atoms with E-state index in [9.17, 15) is 4.79 Å². The summed E-state index contributed by atoms with van der Waals surface area (Å²) in [6.07, 6.45) is 0. The van der Waals surface area contributed by atoms with E-state index in [1.165, 1.54) is 0 Å². The van der Waals surface area contributed by atoms with Crippen molar-refractivity contribution in [3.05, 3.63) is 65.4 Å². The number of ether oxygens (including phenoxy) is 1. The lowest BCUT2D eigenvalue weighted by atomic mass is 10.1. The van der Waals surface area contributed by atoms with Crippen LogP contribution in [0.4, 0.5) is 0 Å². The molecule has 1 aromatic heterocycles. The number of para-hydroxylation sites is 1. The number of carbonyl (C=O) groups is 1. The number of H-pyrrole nitrogens is 1. The molecular formula is C17H17N3O2. The first-order chi connectivity index (χ1) is 10.8. The van der Waals surface area contributed by atoms with E-state index < -0.39 is 0 Å². The third-order valence-electron chi connectivity index (χ3n) is 3.54. The number of fused-ring (bicyclic) bond motifs is 1. The summed E-state index contributed by atoms with van der Waals surface area (Å²) in [5, 5.41) is 10.7. The fourth-order valence-electron chi connectivity index (χ4n) is 2.42. The highest BCUT2D eigenvalue weighted by Crippen LogP contribution is 2.15. The lowest BCUT2D eigenvalue weighted by Crippen LogP contribution is -2.24. The molecule has 0 aliphatic carbocycles. The summed E-state index contributed by atoms with van der Waals surface area (Å²) in [5.41, 5.74) is 3.38. The van der Waals surface area contributed by atoms with Crippen LogP contribution in [0, 0.1) is 0 Å². The molecule has 3 aromatic rings. The molecule has 3 rings (SSSR count). The number of rotatable bonds is 5. The van der Waals surface area contributed by atoms with Gasteiger partial charge in [0.05, 0.1) is 12.1 Å². The Bertz CT molecular complexity index is 795. The molecule has 0 atom stereocenters. The van der Waals surface area contributed by atoms with Gasteiger partial charge in [0.1, 0.15) is 0 Å². The van der Waals surface area contributed by atoms with Crippen molar-refractivity contribution >= 4 is 16.8 Å². The molecule has 5 heteroatoms. The first-order valence-corrected chi connectivity index (χ1v) is 7.06. The summed E-state index contributed by atoms with van der Waals surface area (Å²) in [5.74, 6) is -0.190. The number of nitrogens with zero attached hydrogens (tertiary/aromatic N) is 1. The Kier molecular flexibility index (Phi) is 4.16. The van der Waals surface area contributed by atoms with Gasteiger partial charge in [0.15, 0.2) is 5.69 Å². The Morgan fingerprint density at radius 2 is 1.86 bits per heavy atom. The van der Waals surface area contributed by atoms with Crippen LogP contribution in [0.1, 0.15) is 21.6 Å². The SMILES string of the molecule is COCc1ccccc1CNC(=O)c1n[nH]c2ccccc12. The molecular weight excluding hydrogens is 278 g/mol. The van der Waals surface area contributed by atoms with Gasteiger partial charge in [0, 0.05) is 19.0 Å². The third kappa shape index (κ3) is 2.84. The number of amides is 1. The van der Waals surface area contributed by atoms with Crippen LogP contribution < -0.4 is 5.32 Å². The number of hydrogen-bond donors (Lipinski definition) is 2.